The van der Waals surface area contributed by atoms with Crippen LogP contribution in [0.15, 0.2) is 0 Å². The van der Waals surface area contributed by atoms with Crippen LogP contribution >= 0.6 is 0 Å². The zero-order valence-corrected chi connectivity index (χ0v) is 6.03. The first-order valence-corrected chi connectivity index (χ1v) is 3.52. The molecule has 0 aliphatic rings. The van der Waals surface area contributed by atoms with E-state index in [0.717, 1.165) is 12.8 Å². The highest BCUT2D eigenvalue weighted by Gasteiger charge is 1.99. The van der Waals surface area contributed by atoms with Gasteiger partial charge in [-0.2, -0.15) is 0 Å². The zero-order valence-electron chi connectivity index (χ0n) is 6.03. The highest BCUT2D eigenvalue weighted by Crippen LogP contribution is 2.00. The van der Waals surface area contributed by atoms with Crippen molar-refractivity contribution in [1.82, 2.24) is 0 Å². The third kappa shape index (κ3) is 6.01. The summed E-state index contributed by atoms with van der Waals surface area (Å²) in [7, 11) is 0. The highest BCUT2D eigenvalue weighted by atomic mass is 16.3. The first-order chi connectivity index (χ1) is 4.81. The fraction of sp³-hybridized carbons (Fsp3) is 0.857. The van der Waals surface area contributed by atoms with E-state index >= 15 is 0 Å². The largest absolute Gasteiger partial charge is 0.396 e. The van der Waals surface area contributed by atoms with E-state index in [0.29, 0.717) is 6.42 Å². The molecule has 10 heavy (non-hydrogen) atoms. The summed E-state index contributed by atoms with van der Waals surface area (Å²) < 4.78 is 0. The quantitative estimate of drug-likeness (QED) is 0.452. The summed E-state index contributed by atoms with van der Waals surface area (Å²) in [6.45, 7) is 0.00133. The Labute approximate surface area is 61.3 Å². The molecule has 1 unspecified atom stereocenters. The van der Waals surface area contributed by atoms with Crippen molar-refractivity contribution >= 4 is 0 Å². The second-order valence-electron chi connectivity index (χ2n) is 2.23. The summed E-state index contributed by atoms with van der Waals surface area (Å²) in [5.74, 6) is 0. The van der Waals surface area contributed by atoms with Gasteiger partial charge in [0.25, 0.3) is 0 Å². The van der Waals surface area contributed by atoms with Crippen LogP contribution in [0.25, 0.3) is 0 Å². The van der Waals surface area contributed by atoms with E-state index in [1.165, 1.54) is 0 Å². The molecule has 0 saturated heterocycles. The fourth-order valence-electron chi connectivity index (χ4n) is 0.620. The lowest BCUT2D eigenvalue weighted by atomic mass is 10.1. The highest BCUT2D eigenvalue weighted by molar-refractivity contribution is 4.69. The molecule has 3 heteroatoms. The van der Waals surface area contributed by atoms with E-state index in [1.54, 1.807) is 0 Å². The molecule has 3 nitrogen and oxygen atoms in total. The molecule has 1 radical (unpaired) electrons. The van der Waals surface area contributed by atoms with Crippen molar-refractivity contribution in [3.05, 3.63) is 6.42 Å². The summed E-state index contributed by atoms with van der Waals surface area (Å²) >= 11 is 0. The van der Waals surface area contributed by atoms with E-state index in [9.17, 15) is 0 Å². The van der Waals surface area contributed by atoms with Crippen molar-refractivity contribution in [3.8, 4) is 0 Å². The third-order valence-electron chi connectivity index (χ3n) is 1.22. The first-order valence-electron chi connectivity index (χ1n) is 3.52. The van der Waals surface area contributed by atoms with Crippen LogP contribution in [0.4, 0.5) is 0 Å². The van der Waals surface area contributed by atoms with Crippen molar-refractivity contribution in [1.29, 1.82) is 0 Å². The van der Waals surface area contributed by atoms with Gasteiger partial charge in [0, 0.05) is 6.61 Å². The van der Waals surface area contributed by atoms with Crippen molar-refractivity contribution in [3.63, 3.8) is 0 Å². The van der Waals surface area contributed by atoms with Crippen LogP contribution in [0.2, 0.25) is 0 Å². The fourth-order valence-corrected chi connectivity index (χ4v) is 0.620. The summed E-state index contributed by atoms with van der Waals surface area (Å²) in [6, 6.07) is 0. The van der Waals surface area contributed by atoms with Crippen LogP contribution in [0.5, 0.6) is 0 Å². The van der Waals surface area contributed by atoms with Gasteiger partial charge in [0.1, 0.15) is 0 Å². The molecule has 0 heterocycles. The van der Waals surface area contributed by atoms with Gasteiger partial charge >= 0.3 is 0 Å². The van der Waals surface area contributed by atoms with Crippen LogP contribution in [-0.2, 0) is 0 Å². The average Bonchev–Trinajstić information content (AvgIpc) is 1.98. The van der Waals surface area contributed by atoms with Gasteiger partial charge < -0.3 is 15.3 Å². The summed E-state index contributed by atoms with van der Waals surface area (Å²) in [4.78, 5) is 0. The molecule has 0 saturated carbocycles. The van der Waals surface area contributed by atoms with Gasteiger partial charge in [-0.3, -0.25) is 0 Å². The van der Waals surface area contributed by atoms with Crippen LogP contribution < -0.4 is 0 Å². The van der Waals surface area contributed by atoms with Crippen LogP contribution in [0.3, 0.4) is 0 Å². The van der Waals surface area contributed by atoms with Gasteiger partial charge in [-0.15, -0.1) is 0 Å². The molecule has 0 aromatic rings. The predicted octanol–water partition coefficient (Wildman–Crippen LogP) is -0.294. The molecule has 3 N–H and O–H groups in total. The second kappa shape index (κ2) is 6.99. The summed E-state index contributed by atoms with van der Waals surface area (Å²) in [5.41, 5.74) is 0. The summed E-state index contributed by atoms with van der Waals surface area (Å²) in [5, 5.41) is 25.5. The molecule has 0 aromatic carbocycles. The molecule has 0 rings (SSSR count). The van der Waals surface area contributed by atoms with E-state index in [2.05, 4.69) is 0 Å². The number of rotatable bonds is 6. The Kier molecular flexibility index (Phi) is 6.91. The second-order valence-corrected chi connectivity index (χ2v) is 2.23. The third-order valence-corrected chi connectivity index (χ3v) is 1.22. The van der Waals surface area contributed by atoms with Crippen molar-refractivity contribution in [2.24, 2.45) is 0 Å². The van der Waals surface area contributed by atoms with Gasteiger partial charge in [0.15, 0.2) is 0 Å². The SMILES string of the molecule is OCCC[CH]CC(O)CO. The molecular weight excluding hydrogens is 132 g/mol. The molecule has 0 aliphatic carbocycles. The Hall–Kier alpha value is -0.120. The number of aliphatic hydroxyl groups excluding tert-OH is 3. The number of hydrogen-bond donors (Lipinski definition) is 3. The van der Waals surface area contributed by atoms with Crippen molar-refractivity contribution in [2.75, 3.05) is 13.2 Å². The number of hydrogen-bond acceptors (Lipinski definition) is 3. The van der Waals surface area contributed by atoms with E-state index in [4.69, 9.17) is 15.3 Å². The maximum Gasteiger partial charge on any atom is 0.0773 e. The average molecular weight is 147 g/mol. The van der Waals surface area contributed by atoms with E-state index in [1.807, 2.05) is 6.42 Å². The van der Waals surface area contributed by atoms with Crippen molar-refractivity contribution < 1.29 is 15.3 Å². The lowest BCUT2D eigenvalue weighted by molar-refractivity contribution is 0.0938. The minimum absolute atomic E-state index is 0.185. The summed E-state index contributed by atoms with van der Waals surface area (Å²) in [6.07, 6.45) is 3.29. The normalized spacial score (nSPS) is 13.5. The monoisotopic (exact) mass is 147 g/mol. The van der Waals surface area contributed by atoms with Gasteiger partial charge in [0.05, 0.1) is 12.7 Å². The minimum Gasteiger partial charge on any atom is -0.396 e. The lowest BCUT2D eigenvalue weighted by Crippen LogP contribution is -2.11. The Morgan fingerprint density at radius 2 is 2.00 bits per heavy atom. The standard InChI is InChI=1S/C7H15O3/c8-5-3-1-2-4-7(10)6-9/h2,7-10H,1,3-6H2. The van der Waals surface area contributed by atoms with Crippen LogP contribution in [-0.4, -0.2) is 34.6 Å². The Morgan fingerprint density at radius 1 is 1.30 bits per heavy atom. The Bertz CT molecular complexity index is 65.9. The topological polar surface area (TPSA) is 60.7 Å². The molecule has 0 amide bonds. The van der Waals surface area contributed by atoms with Gasteiger partial charge in [-0.25, -0.2) is 0 Å². The number of unbranched alkanes of at least 4 members (excludes halogenated alkanes) is 2. The Morgan fingerprint density at radius 3 is 2.50 bits per heavy atom. The maximum absolute atomic E-state index is 8.81. The Balaban J connectivity index is 2.89. The van der Waals surface area contributed by atoms with Gasteiger partial charge in [-0.05, 0) is 25.7 Å². The molecule has 61 valence electrons. The molecule has 0 bridgehead atoms. The first kappa shape index (κ1) is 9.88. The van der Waals surface area contributed by atoms with E-state index in [-0.39, 0.29) is 13.2 Å². The van der Waals surface area contributed by atoms with Gasteiger partial charge in [0.2, 0.25) is 0 Å². The molecule has 0 fully saturated rings. The molecule has 1 atom stereocenters. The molecule has 0 aromatic heterocycles. The van der Waals surface area contributed by atoms with Gasteiger partial charge in [-0.1, -0.05) is 0 Å². The zero-order chi connectivity index (χ0) is 7.82. The predicted molar refractivity (Wildman–Crippen MR) is 38.3 cm³/mol. The van der Waals surface area contributed by atoms with Crippen LogP contribution in [0.1, 0.15) is 19.3 Å². The smallest absolute Gasteiger partial charge is 0.0773 e. The lowest BCUT2D eigenvalue weighted by Gasteiger charge is -2.04. The maximum atomic E-state index is 8.81. The molecule has 0 aliphatic heterocycles. The number of aliphatic hydroxyl groups is 3. The van der Waals surface area contributed by atoms with Crippen LogP contribution in [0, 0.1) is 6.42 Å². The molecule has 0 spiro atoms. The minimum atomic E-state index is -0.626. The van der Waals surface area contributed by atoms with Crippen molar-refractivity contribution in [2.45, 2.75) is 25.4 Å². The van der Waals surface area contributed by atoms with E-state index < -0.39 is 6.10 Å². The molecular formula is C7H15O3.